The van der Waals surface area contributed by atoms with Crippen LogP contribution < -0.4 is 10.6 Å². The number of fused-ring (bicyclic) bond motifs is 3. The van der Waals surface area contributed by atoms with E-state index in [-0.39, 0.29) is 41.3 Å². The molecule has 1 aromatic rings. The fourth-order valence-electron chi connectivity index (χ4n) is 4.76. The van der Waals surface area contributed by atoms with Crippen molar-refractivity contribution in [2.75, 3.05) is 18.6 Å². The summed E-state index contributed by atoms with van der Waals surface area (Å²) in [7, 11) is 1.63. The third-order valence-electron chi connectivity index (χ3n) is 5.84. The van der Waals surface area contributed by atoms with Crippen molar-refractivity contribution >= 4 is 23.3 Å². The molecule has 0 aromatic heterocycles. The van der Waals surface area contributed by atoms with Gasteiger partial charge in [0.25, 0.3) is 0 Å². The number of carbonyl (C=O) groups excluding carboxylic acids is 3. The van der Waals surface area contributed by atoms with Gasteiger partial charge in [0.15, 0.2) is 5.78 Å². The lowest BCUT2D eigenvalue weighted by atomic mass is 9.62. The maximum Gasteiger partial charge on any atom is 0.341 e. The highest BCUT2D eigenvalue weighted by Gasteiger charge is 2.64. The van der Waals surface area contributed by atoms with Crippen LogP contribution in [0.25, 0.3) is 0 Å². The van der Waals surface area contributed by atoms with Gasteiger partial charge >= 0.3 is 5.97 Å². The molecular formula is C22H24N2O5. The molecule has 29 heavy (non-hydrogen) atoms. The third-order valence-corrected chi connectivity index (χ3v) is 5.84. The first-order valence-electron chi connectivity index (χ1n) is 9.65. The summed E-state index contributed by atoms with van der Waals surface area (Å²) in [5.41, 5.74) is 5.47. The Labute approximate surface area is 169 Å². The Bertz CT molecular complexity index is 1020. The van der Waals surface area contributed by atoms with Crippen molar-refractivity contribution in [1.29, 1.82) is 0 Å². The summed E-state index contributed by atoms with van der Waals surface area (Å²) >= 11 is 0. The summed E-state index contributed by atoms with van der Waals surface area (Å²) in [6.45, 7) is 5.69. The van der Waals surface area contributed by atoms with Gasteiger partial charge in [-0.25, -0.2) is 4.79 Å². The highest BCUT2D eigenvalue weighted by Crippen LogP contribution is 2.57. The number of ketones is 1. The molecule has 0 bridgehead atoms. The molecule has 1 spiro atoms. The van der Waals surface area contributed by atoms with E-state index in [4.69, 9.17) is 15.2 Å². The van der Waals surface area contributed by atoms with Gasteiger partial charge in [-0.15, -0.1) is 0 Å². The van der Waals surface area contributed by atoms with E-state index in [2.05, 4.69) is 0 Å². The van der Waals surface area contributed by atoms with Crippen LogP contribution in [0.3, 0.4) is 0 Å². The molecule has 2 aliphatic heterocycles. The molecule has 1 aromatic carbocycles. The van der Waals surface area contributed by atoms with Gasteiger partial charge in [0.05, 0.1) is 12.2 Å². The van der Waals surface area contributed by atoms with Crippen molar-refractivity contribution in [3.05, 3.63) is 52.6 Å². The van der Waals surface area contributed by atoms with Gasteiger partial charge < -0.3 is 20.1 Å². The fraction of sp³-hybridized carbons (Fsp3) is 0.409. The normalized spacial score (nSPS) is 25.2. The number of Topliss-reactive ketones (excluding diaryl/α,β-unsaturated/α-hetero) is 1. The lowest BCUT2D eigenvalue weighted by Crippen LogP contribution is -2.51. The summed E-state index contributed by atoms with van der Waals surface area (Å²) in [6, 6.07) is 7.12. The number of esters is 1. The highest BCUT2D eigenvalue weighted by molar-refractivity contribution is 6.23. The minimum atomic E-state index is -1.65. The minimum absolute atomic E-state index is 0.101. The molecule has 7 heteroatoms. The van der Waals surface area contributed by atoms with E-state index in [0.717, 1.165) is 0 Å². The zero-order valence-corrected chi connectivity index (χ0v) is 17.0. The van der Waals surface area contributed by atoms with Crippen LogP contribution >= 0.6 is 0 Å². The molecule has 152 valence electrons. The zero-order chi connectivity index (χ0) is 21.1. The van der Waals surface area contributed by atoms with E-state index >= 15 is 0 Å². The quantitative estimate of drug-likeness (QED) is 0.770. The van der Waals surface area contributed by atoms with E-state index in [1.54, 1.807) is 38.2 Å². The molecule has 1 amide bonds. The number of hydrogen-bond acceptors (Lipinski definition) is 6. The Hall–Kier alpha value is -3.09. The van der Waals surface area contributed by atoms with Crippen molar-refractivity contribution in [1.82, 2.24) is 0 Å². The highest BCUT2D eigenvalue weighted by atomic mass is 16.5. The number of amides is 1. The molecule has 2 N–H and O–H groups in total. The number of para-hydroxylation sites is 1. The first-order chi connectivity index (χ1) is 13.6. The predicted molar refractivity (Wildman–Crippen MR) is 106 cm³/mol. The number of rotatable bonds is 2. The van der Waals surface area contributed by atoms with Crippen molar-refractivity contribution in [3.8, 4) is 0 Å². The molecule has 1 unspecified atom stereocenters. The lowest BCUT2D eigenvalue weighted by molar-refractivity contribution is -0.141. The number of anilines is 1. The molecule has 0 saturated carbocycles. The largest absolute Gasteiger partial charge is 0.462 e. The van der Waals surface area contributed by atoms with Crippen LogP contribution in [0.5, 0.6) is 0 Å². The van der Waals surface area contributed by atoms with Crippen LogP contribution in [0.1, 0.15) is 39.2 Å². The lowest BCUT2D eigenvalue weighted by Gasteiger charge is -2.42. The standard InChI is InChI=1S/C22H24N2O5/c1-5-28-19(26)17-18(23)29-15-11-21(2,3)10-14(25)16(15)22(17)12-8-6-7-9-13(12)24(4)20(22)27/h6-9H,5,10-11,23H2,1-4H3. The second-order valence-electron chi connectivity index (χ2n) is 8.43. The SMILES string of the molecule is CCOC(=O)C1=C(N)OC2=C(C(=O)CC(C)(C)C2)C12C(=O)N(C)c1ccccc12. The van der Waals surface area contributed by atoms with Crippen LogP contribution in [0.4, 0.5) is 5.69 Å². The Balaban J connectivity index is 2.09. The Morgan fingerprint density at radius 2 is 1.93 bits per heavy atom. The van der Waals surface area contributed by atoms with Gasteiger partial charge in [0.1, 0.15) is 16.7 Å². The number of likely N-dealkylation sites (N-methyl/N-ethyl adjacent to an activating group) is 1. The number of nitrogens with zero attached hydrogens (tertiary/aromatic N) is 1. The van der Waals surface area contributed by atoms with E-state index in [9.17, 15) is 14.4 Å². The maximum absolute atomic E-state index is 13.8. The average molecular weight is 396 g/mol. The van der Waals surface area contributed by atoms with Crippen molar-refractivity contribution in [2.24, 2.45) is 11.1 Å². The predicted octanol–water partition coefficient (Wildman–Crippen LogP) is 2.31. The van der Waals surface area contributed by atoms with Crippen LogP contribution in [-0.4, -0.2) is 31.3 Å². The van der Waals surface area contributed by atoms with Crippen LogP contribution in [-0.2, 0) is 29.3 Å². The van der Waals surface area contributed by atoms with Gasteiger partial charge in [-0.3, -0.25) is 9.59 Å². The molecule has 1 atom stereocenters. The molecule has 0 radical (unpaired) electrons. The van der Waals surface area contributed by atoms with Crippen LogP contribution in [0.15, 0.2) is 47.1 Å². The van der Waals surface area contributed by atoms with Gasteiger partial charge in [0.2, 0.25) is 11.8 Å². The van der Waals surface area contributed by atoms with E-state index in [0.29, 0.717) is 23.4 Å². The van der Waals surface area contributed by atoms with Gasteiger partial charge in [-0.2, -0.15) is 0 Å². The monoisotopic (exact) mass is 396 g/mol. The molecule has 0 saturated heterocycles. The topological polar surface area (TPSA) is 98.9 Å². The Kier molecular flexibility index (Phi) is 4.12. The number of nitrogens with two attached hydrogens (primary N) is 1. The fourth-order valence-corrected chi connectivity index (χ4v) is 4.76. The summed E-state index contributed by atoms with van der Waals surface area (Å²) < 4.78 is 11.0. The molecule has 4 rings (SSSR count). The average Bonchev–Trinajstić information content (AvgIpc) is 2.83. The van der Waals surface area contributed by atoms with E-state index in [1.807, 2.05) is 13.8 Å². The van der Waals surface area contributed by atoms with Crippen molar-refractivity contribution in [3.63, 3.8) is 0 Å². The van der Waals surface area contributed by atoms with Crippen molar-refractivity contribution < 1.29 is 23.9 Å². The van der Waals surface area contributed by atoms with E-state index in [1.165, 1.54) is 4.90 Å². The zero-order valence-electron chi connectivity index (χ0n) is 17.0. The molecular weight excluding hydrogens is 372 g/mol. The number of benzene rings is 1. The molecule has 2 heterocycles. The second kappa shape index (κ2) is 6.20. The molecule has 1 aliphatic carbocycles. The maximum atomic E-state index is 13.8. The molecule has 3 aliphatic rings. The summed E-state index contributed by atoms with van der Waals surface area (Å²) in [5, 5.41) is 0. The Morgan fingerprint density at radius 1 is 1.24 bits per heavy atom. The van der Waals surface area contributed by atoms with Gasteiger partial charge in [-0.05, 0) is 18.4 Å². The Morgan fingerprint density at radius 3 is 2.62 bits per heavy atom. The number of hydrogen-bond donors (Lipinski definition) is 1. The van der Waals surface area contributed by atoms with Crippen molar-refractivity contribution in [2.45, 2.75) is 39.0 Å². The number of ether oxygens (including phenoxy) is 2. The van der Waals surface area contributed by atoms with Crippen LogP contribution in [0.2, 0.25) is 0 Å². The minimum Gasteiger partial charge on any atom is -0.462 e. The summed E-state index contributed by atoms with van der Waals surface area (Å²) in [4.78, 5) is 41.6. The van der Waals surface area contributed by atoms with Gasteiger partial charge in [0, 0.05) is 31.1 Å². The van der Waals surface area contributed by atoms with Gasteiger partial charge in [-0.1, -0.05) is 32.0 Å². The number of allylic oxidation sites excluding steroid dienone is 1. The first kappa shape index (κ1) is 19.2. The van der Waals surface area contributed by atoms with E-state index < -0.39 is 17.3 Å². The summed E-state index contributed by atoms with van der Waals surface area (Å²) in [6.07, 6.45) is 0.678. The smallest absolute Gasteiger partial charge is 0.341 e. The number of carbonyl (C=O) groups is 3. The molecule has 0 fully saturated rings. The second-order valence-corrected chi connectivity index (χ2v) is 8.43. The first-order valence-corrected chi connectivity index (χ1v) is 9.65. The molecule has 7 nitrogen and oxygen atoms in total. The third kappa shape index (κ3) is 2.46. The summed E-state index contributed by atoms with van der Waals surface area (Å²) in [5.74, 6) is -1.22. The van der Waals surface area contributed by atoms with Crippen LogP contribution in [0, 0.1) is 5.41 Å².